The van der Waals surface area contributed by atoms with Crippen LogP contribution in [0, 0.1) is 0 Å². The van der Waals surface area contributed by atoms with E-state index in [-0.39, 0.29) is 10.7 Å². The van der Waals surface area contributed by atoms with Crippen molar-refractivity contribution in [1.29, 1.82) is 0 Å². The van der Waals surface area contributed by atoms with Crippen LogP contribution in [0.4, 0.5) is 0 Å². The molecule has 1 heterocycles. The average Bonchev–Trinajstić information content (AvgIpc) is 2.70. The maximum atomic E-state index is 12.7. The number of fused-ring (bicyclic) bond motifs is 1. The molecule has 5 nitrogen and oxygen atoms in total. The molecule has 0 saturated carbocycles. The number of ketones is 1. The first-order chi connectivity index (χ1) is 13.5. The Morgan fingerprint density at radius 2 is 1.64 bits per heavy atom. The van der Waals surface area contributed by atoms with Crippen LogP contribution in [0.2, 0.25) is 0 Å². The molecule has 0 saturated heterocycles. The summed E-state index contributed by atoms with van der Waals surface area (Å²) in [6.07, 6.45) is 3.51. The van der Waals surface area contributed by atoms with Crippen molar-refractivity contribution in [2.45, 2.75) is 50.1 Å². The molecule has 0 bridgehead atoms. The third-order valence-electron chi connectivity index (χ3n) is 5.10. The standard InChI is InChI=1S/C22H28N2O3S/c1-2-3-15-24(17-18-10-5-4-6-11-18)16-9-13-20-22(25)19-12-7-8-14-21(19)28(26,27)23-20/h4-8,10-12,14,20,23H,2-3,9,13,15-17H2,1H3. The molecule has 0 amide bonds. The van der Waals surface area contributed by atoms with E-state index in [0.29, 0.717) is 12.0 Å². The van der Waals surface area contributed by atoms with Gasteiger partial charge >= 0.3 is 0 Å². The largest absolute Gasteiger partial charge is 0.299 e. The highest BCUT2D eigenvalue weighted by molar-refractivity contribution is 7.89. The van der Waals surface area contributed by atoms with Gasteiger partial charge in [0.1, 0.15) is 0 Å². The van der Waals surface area contributed by atoms with Gasteiger partial charge in [-0.2, -0.15) is 0 Å². The normalized spacial score (nSPS) is 18.2. The van der Waals surface area contributed by atoms with Gasteiger partial charge in [0.25, 0.3) is 0 Å². The molecule has 1 N–H and O–H groups in total. The van der Waals surface area contributed by atoms with Crippen LogP contribution in [-0.2, 0) is 16.6 Å². The van der Waals surface area contributed by atoms with Gasteiger partial charge in [0.05, 0.1) is 10.9 Å². The second kappa shape index (κ2) is 9.45. The zero-order valence-electron chi connectivity index (χ0n) is 16.3. The smallest absolute Gasteiger partial charge is 0.241 e. The van der Waals surface area contributed by atoms with Crippen molar-refractivity contribution in [3.05, 3.63) is 65.7 Å². The fourth-order valence-electron chi connectivity index (χ4n) is 3.60. The Morgan fingerprint density at radius 1 is 0.964 bits per heavy atom. The molecule has 150 valence electrons. The van der Waals surface area contributed by atoms with E-state index in [1.807, 2.05) is 18.2 Å². The van der Waals surface area contributed by atoms with E-state index in [1.165, 1.54) is 11.6 Å². The fraction of sp³-hybridized carbons (Fsp3) is 0.409. The van der Waals surface area contributed by atoms with Gasteiger partial charge in [-0.05, 0) is 50.0 Å². The first-order valence-corrected chi connectivity index (χ1v) is 11.4. The zero-order chi connectivity index (χ0) is 20.0. The van der Waals surface area contributed by atoms with Crippen LogP contribution < -0.4 is 4.72 Å². The highest BCUT2D eigenvalue weighted by Gasteiger charge is 2.35. The lowest BCUT2D eigenvalue weighted by molar-refractivity contribution is 0.0937. The Bertz CT molecular complexity index is 897. The molecule has 3 rings (SSSR count). The van der Waals surface area contributed by atoms with E-state index in [0.717, 1.165) is 38.9 Å². The summed E-state index contributed by atoms with van der Waals surface area (Å²) in [5.74, 6) is -0.131. The van der Waals surface area contributed by atoms with Crippen molar-refractivity contribution in [2.75, 3.05) is 13.1 Å². The van der Waals surface area contributed by atoms with Crippen molar-refractivity contribution < 1.29 is 13.2 Å². The molecule has 0 aromatic heterocycles. The van der Waals surface area contributed by atoms with Crippen LogP contribution >= 0.6 is 0 Å². The number of unbranched alkanes of at least 4 members (excludes halogenated alkanes) is 1. The number of benzene rings is 2. The Kier molecular flexibility index (Phi) is 6.99. The molecule has 1 atom stereocenters. The Morgan fingerprint density at radius 3 is 2.39 bits per heavy atom. The predicted molar refractivity (Wildman–Crippen MR) is 111 cm³/mol. The molecule has 0 aliphatic carbocycles. The van der Waals surface area contributed by atoms with Crippen LogP contribution in [0.15, 0.2) is 59.5 Å². The van der Waals surface area contributed by atoms with Crippen molar-refractivity contribution in [2.24, 2.45) is 0 Å². The topological polar surface area (TPSA) is 66.5 Å². The first-order valence-electron chi connectivity index (χ1n) is 9.93. The lowest BCUT2D eigenvalue weighted by Crippen LogP contribution is -2.46. The summed E-state index contributed by atoms with van der Waals surface area (Å²) in [4.78, 5) is 15.2. The Balaban J connectivity index is 1.61. The molecular weight excluding hydrogens is 372 g/mol. The molecule has 0 spiro atoms. The van der Waals surface area contributed by atoms with E-state index < -0.39 is 16.1 Å². The van der Waals surface area contributed by atoms with Crippen LogP contribution in [0.5, 0.6) is 0 Å². The Labute approximate surface area is 167 Å². The van der Waals surface area contributed by atoms with Gasteiger partial charge in [0.2, 0.25) is 10.0 Å². The average molecular weight is 401 g/mol. The number of hydrogen-bond acceptors (Lipinski definition) is 4. The van der Waals surface area contributed by atoms with Gasteiger partial charge in [-0.1, -0.05) is 55.8 Å². The van der Waals surface area contributed by atoms with Gasteiger partial charge in [0.15, 0.2) is 5.78 Å². The summed E-state index contributed by atoms with van der Waals surface area (Å²) in [6.45, 7) is 4.88. The van der Waals surface area contributed by atoms with Crippen LogP contribution in [0.1, 0.15) is 48.5 Å². The molecule has 2 aromatic carbocycles. The van der Waals surface area contributed by atoms with Gasteiger partial charge in [-0.15, -0.1) is 0 Å². The first kappa shape index (κ1) is 20.7. The summed E-state index contributed by atoms with van der Waals surface area (Å²) < 4.78 is 27.4. The summed E-state index contributed by atoms with van der Waals surface area (Å²) >= 11 is 0. The van der Waals surface area contributed by atoms with E-state index >= 15 is 0 Å². The number of hydrogen-bond donors (Lipinski definition) is 1. The quantitative estimate of drug-likeness (QED) is 0.698. The maximum absolute atomic E-state index is 12.7. The molecule has 2 aromatic rings. The summed E-state index contributed by atoms with van der Waals surface area (Å²) in [5, 5.41) is 0. The number of carbonyl (C=O) groups is 1. The molecule has 6 heteroatoms. The molecule has 1 aliphatic heterocycles. The predicted octanol–water partition coefficient (Wildman–Crippen LogP) is 3.61. The molecule has 1 unspecified atom stereocenters. The van der Waals surface area contributed by atoms with E-state index in [9.17, 15) is 13.2 Å². The fourth-order valence-corrected chi connectivity index (χ4v) is 5.04. The summed E-state index contributed by atoms with van der Waals surface area (Å²) in [7, 11) is -3.62. The Hall–Kier alpha value is -2.02. The van der Waals surface area contributed by atoms with Crippen LogP contribution in [0.25, 0.3) is 0 Å². The van der Waals surface area contributed by atoms with Crippen molar-refractivity contribution in [3.63, 3.8) is 0 Å². The van der Waals surface area contributed by atoms with E-state index in [1.54, 1.807) is 18.2 Å². The van der Waals surface area contributed by atoms with Crippen molar-refractivity contribution in [3.8, 4) is 0 Å². The lowest BCUT2D eigenvalue weighted by Gasteiger charge is -2.26. The van der Waals surface area contributed by atoms with Gasteiger partial charge < -0.3 is 0 Å². The number of sulfonamides is 1. The molecular formula is C22H28N2O3S. The minimum Gasteiger partial charge on any atom is -0.299 e. The van der Waals surface area contributed by atoms with Gasteiger partial charge in [-0.3, -0.25) is 9.69 Å². The molecule has 1 aliphatic rings. The highest BCUT2D eigenvalue weighted by Crippen LogP contribution is 2.24. The van der Waals surface area contributed by atoms with Crippen molar-refractivity contribution >= 4 is 15.8 Å². The van der Waals surface area contributed by atoms with Gasteiger partial charge in [-0.25, -0.2) is 13.1 Å². The molecule has 28 heavy (non-hydrogen) atoms. The monoisotopic (exact) mass is 400 g/mol. The number of rotatable bonds is 9. The minimum absolute atomic E-state index is 0.0879. The minimum atomic E-state index is -3.62. The zero-order valence-corrected chi connectivity index (χ0v) is 17.1. The third-order valence-corrected chi connectivity index (χ3v) is 6.63. The molecule has 0 radical (unpaired) electrons. The number of nitrogens with zero attached hydrogens (tertiary/aromatic N) is 1. The number of nitrogens with one attached hydrogen (secondary N) is 1. The summed E-state index contributed by atoms with van der Waals surface area (Å²) in [5.41, 5.74) is 1.57. The lowest BCUT2D eigenvalue weighted by atomic mass is 10.0. The number of Topliss-reactive ketones (excluding diaryl/α,β-unsaturated/α-hetero) is 1. The van der Waals surface area contributed by atoms with Crippen molar-refractivity contribution in [1.82, 2.24) is 9.62 Å². The van der Waals surface area contributed by atoms with E-state index in [2.05, 4.69) is 28.7 Å². The highest BCUT2D eigenvalue weighted by atomic mass is 32.2. The SMILES string of the molecule is CCCCN(CCCC1NS(=O)(=O)c2ccccc2C1=O)Cc1ccccc1. The van der Waals surface area contributed by atoms with Gasteiger partial charge in [0, 0.05) is 12.1 Å². The number of carbonyl (C=O) groups excluding carboxylic acids is 1. The van der Waals surface area contributed by atoms with Crippen LogP contribution in [0.3, 0.4) is 0 Å². The third kappa shape index (κ3) is 5.07. The molecule has 0 fully saturated rings. The second-order valence-corrected chi connectivity index (χ2v) is 8.97. The maximum Gasteiger partial charge on any atom is 0.241 e. The summed E-state index contributed by atoms with van der Waals surface area (Å²) in [6, 6.07) is 16.1. The van der Waals surface area contributed by atoms with Crippen LogP contribution in [-0.4, -0.2) is 38.2 Å². The second-order valence-electron chi connectivity index (χ2n) is 7.29. The van der Waals surface area contributed by atoms with E-state index in [4.69, 9.17) is 0 Å².